The lowest BCUT2D eigenvalue weighted by atomic mass is 10.3. The van der Waals surface area contributed by atoms with Crippen LogP contribution in [0.15, 0.2) is 23.1 Å². The van der Waals surface area contributed by atoms with Crippen molar-refractivity contribution in [1.29, 1.82) is 0 Å². The summed E-state index contributed by atoms with van der Waals surface area (Å²) in [5.41, 5.74) is -0.283. The Morgan fingerprint density at radius 2 is 2.24 bits per heavy atom. The average molecular weight is 337 g/mol. The van der Waals surface area contributed by atoms with E-state index in [9.17, 15) is 18.5 Å². The van der Waals surface area contributed by atoms with E-state index in [1.54, 1.807) is 0 Å². The normalized spacial score (nSPS) is 20.4. The SMILES string of the molecule is O=[N+]([O-])c1ccc(S(=O)(=O)N2CCOC(CO)C2)c(Cl)c1. The van der Waals surface area contributed by atoms with Gasteiger partial charge in [0.1, 0.15) is 4.90 Å². The Labute approximate surface area is 126 Å². The predicted octanol–water partition coefficient (Wildman–Crippen LogP) is 0.630. The lowest BCUT2D eigenvalue weighted by Gasteiger charge is -2.31. The third kappa shape index (κ3) is 3.33. The van der Waals surface area contributed by atoms with E-state index in [-0.39, 0.29) is 41.9 Å². The fourth-order valence-electron chi connectivity index (χ4n) is 1.97. The van der Waals surface area contributed by atoms with Gasteiger partial charge in [-0.05, 0) is 6.07 Å². The molecule has 1 heterocycles. The van der Waals surface area contributed by atoms with Crippen molar-refractivity contribution in [2.75, 3.05) is 26.3 Å². The second-order valence-electron chi connectivity index (χ2n) is 4.41. The number of sulfonamides is 1. The zero-order valence-electron chi connectivity index (χ0n) is 10.8. The minimum atomic E-state index is -3.89. The highest BCUT2D eigenvalue weighted by molar-refractivity contribution is 7.89. The van der Waals surface area contributed by atoms with Gasteiger partial charge in [0.15, 0.2) is 0 Å². The number of nitrogens with zero attached hydrogens (tertiary/aromatic N) is 2. The van der Waals surface area contributed by atoms with Crippen molar-refractivity contribution in [3.8, 4) is 0 Å². The standard InChI is InChI=1S/C11H13ClN2O6S/c12-10-5-8(14(16)17)1-2-11(10)21(18,19)13-3-4-20-9(6-13)7-15/h1-2,5,9,15H,3-4,6-7H2. The minimum Gasteiger partial charge on any atom is -0.394 e. The number of halogens is 1. The van der Waals surface area contributed by atoms with E-state index in [0.717, 1.165) is 22.5 Å². The molecule has 0 bridgehead atoms. The second kappa shape index (κ2) is 6.24. The van der Waals surface area contributed by atoms with Crippen molar-refractivity contribution >= 4 is 27.3 Å². The van der Waals surface area contributed by atoms with Crippen LogP contribution in [0.5, 0.6) is 0 Å². The Kier molecular flexibility index (Phi) is 4.79. The van der Waals surface area contributed by atoms with Gasteiger partial charge in [0.05, 0.1) is 29.3 Å². The Morgan fingerprint density at radius 3 is 2.81 bits per heavy atom. The van der Waals surface area contributed by atoms with Gasteiger partial charge in [-0.3, -0.25) is 10.1 Å². The van der Waals surface area contributed by atoms with Gasteiger partial charge in [0.2, 0.25) is 10.0 Å². The molecule has 2 rings (SSSR count). The maximum absolute atomic E-state index is 12.5. The van der Waals surface area contributed by atoms with E-state index in [4.69, 9.17) is 21.4 Å². The molecule has 1 fully saturated rings. The van der Waals surface area contributed by atoms with Gasteiger partial charge < -0.3 is 9.84 Å². The molecule has 116 valence electrons. The summed E-state index contributed by atoms with van der Waals surface area (Å²) >= 11 is 5.86. The van der Waals surface area contributed by atoms with Gasteiger partial charge >= 0.3 is 0 Å². The summed E-state index contributed by atoms with van der Waals surface area (Å²) in [6, 6.07) is 3.19. The van der Waals surface area contributed by atoms with Crippen molar-refractivity contribution in [3.05, 3.63) is 33.3 Å². The fourth-order valence-corrected chi connectivity index (χ4v) is 3.94. The van der Waals surface area contributed by atoms with E-state index in [2.05, 4.69) is 0 Å². The molecule has 8 nitrogen and oxygen atoms in total. The summed E-state index contributed by atoms with van der Waals surface area (Å²) in [5.74, 6) is 0. The van der Waals surface area contributed by atoms with Crippen molar-refractivity contribution in [1.82, 2.24) is 4.31 Å². The monoisotopic (exact) mass is 336 g/mol. The van der Waals surface area contributed by atoms with Crippen molar-refractivity contribution in [3.63, 3.8) is 0 Å². The molecule has 0 radical (unpaired) electrons. The first-order chi connectivity index (χ1) is 9.86. The summed E-state index contributed by atoms with van der Waals surface area (Å²) in [5, 5.41) is 19.5. The first-order valence-electron chi connectivity index (χ1n) is 6.03. The number of hydrogen-bond donors (Lipinski definition) is 1. The predicted molar refractivity (Wildman–Crippen MR) is 73.7 cm³/mol. The molecular formula is C11H13ClN2O6S. The smallest absolute Gasteiger partial charge is 0.271 e. The van der Waals surface area contributed by atoms with Crippen LogP contribution in [0.25, 0.3) is 0 Å². The molecule has 1 aromatic rings. The molecule has 1 aliphatic heterocycles. The highest BCUT2D eigenvalue weighted by atomic mass is 35.5. The van der Waals surface area contributed by atoms with Crippen LogP contribution in [0.2, 0.25) is 5.02 Å². The number of morpholine rings is 1. The van der Waals surface area contributed by atoms with Crippen molar-refractivity contribution < 1.29 is 23.2 Å². The summed E-state index contributed by atoms with van der Waals surface area (Å²) in [4.78, 5) is 9.79. The molecule has 0 saturated carbocycles. The maximum Gasteiger partial charge on any atom is 0.271 e. The summed E-state index contributed by atoms with van der Waals surface area (Å²) in [6.45, 7) is 0.00731. The topological polar surface area (TPSA) is 110 Å². The van der Waals surface area contributed by atoms with E-state index >= 15 is 0 Å². The molecule has 0 amide bonds. The summed E-state index contributed by atoms with van der Waals surface area (Å²) in [7, 11) is -3.89. The van der Waals surface area contributed by atoms with Crippen LogP contribution in [-0.2, 0) is 14.8 Å². The van der Waals surface area contributed by atoms with Gasteiger partial charge in [-0.25, -0.2) is 8.42 Å². The first kappa shape index (κ1) is 16.1. The average Bonchev–Trinajstić information content (AvgIpc) is 2.46. The van der Waals surface area contributed by atoms with Gasteiger partial charge in [-0.1, -0.05) is 11.6 Å². The minimum absolute atomic E-state index is 0.00610. The molecule has 21 heavy (non-hydrogen) atoms. The van der Waals surface area contributed by atoms with Crippen LogP contribution in [0.1, 0.15) is 0 Å². The van der Waals surface area contributed by atoms with E-state index in [1.165, 1.54) is 0 Å². The Bertz CT molecular complexity index is 650. The number of nitro benzene ring substituents is 1. The number of ether oxygens (including phenoxy) is 1. The van der Waals surface area contributed by atoms with E-state index in [1.807, 2.05) is 0 Å². The lowest BCUT2D eigenvalue weighted by molar-refractivity contribution is -0.384. The molecule has 0 spiro atoms. The largest absolute Gasteiger partial charge is 0.394 e. The number of benzene rings is 1. The Balaban J connectivity index is 2.33. The zero-order valence-corrected chi connectivity index (χ0v) is 12.4. The molecule has 0 aliphatic carbocycles. The fraction of sp³-hybridized carbons (Fsp3) is 0.455. The van der Waals surface area contributed by atoms with Gasteiger partial charge in [-0.2, -0.15) is 4.31 Å². The van der Waals surface area contributed by atoms with Gasteiger partial charge in [0, 0.05) is 25.2 Å². The molecule has 1 atom stereocenters. The molecule has 1 unspecified atom stereocenters. The number of non-ortho nitro benzene ring substituents is 1. The third-order valence-electron chi connectivity index (χ3n) is 3.05. The number of hydrogen-bond acceptors (Lipinski definition) is 6. The molecule has 1 N–H and O–H groups in total. The van der Waals surface area contributed by atoms with Gasteiger partial charge in [-0.15, -0.1) is 0 Å². The lowest BCUT2D eigenvalue weighted by Crippen LogP contribution is -2.46. The number of rotatable bonds is 4. The van der Waals surface area contributed by atoms with Crippen LogP contribution < -0.4 is 0 Å². The third-order valence-corrected chi connectivity index (χ3v) is 5.40. The van der Waals surface area contributed by atoms with Gasteiger partial charge in [0.25, 0.3) is 5.69 Å². The maximum atomic E-state index is 12.5. The number of aliphatic hydroxyl groups excluding tert-OH is 1. The van der Waals surface area contributed by atoms with E-state index in [0.29, 0.717) is 0 Å². The van der Waals surface area contributed by atoms with Crippen LogP contribution in [0, 0.1) is 10.1 Å². The molecule has 1 saturated heterocycles. The van der Waals surface area contributed by atoms with Crippen molar-refractivity contribution in [2.24, 2.45) is 0 Å². The molecular weight excluding hydrogens is 324 g/mol. The van der Waals surface area contributed by atoms with E-state index < -0.39 is 21.1 Å². The van der Waals surface area contributed by atoms with Crippen molar-refractivity contribution in [2.45, 2.75) is 11.0 Å². The van der Waals surface area contributed by atoms with Crippen LogP contribution >= 0.6 is 11.6 Å². The molecule has 1 aromatic carbocycles. The van der Waals surface area contributed by atoms with Crippen LogP contribution in [-0.4, -0.2) is 55.2 Å². The zero-order chi connectivity index (χ0) is 15.6. The van der Waals surface area contributed by atoms with Crippen LogP contribution in [0.4, 0.5) is 5.69 Å². The number of aliphatic hydroxyl groups is 1. The van der Waals surface area contributed by atoms with Crippen LogP contribution in [0.3, 0.4) is 0 Å². The highest BCUT2D eigenvalue weighted by Gasteiger charge is 2.32. The Hall–Kier alpha value is -1.26. The number of nitro groups is 1. The molecule has 1 aliphatic rings. The first-order valence-corrected chi connectivity index (χ1v) is 7.84. The second-order valence-corrected chi connectivity index (χ2v) is 6.72. The molecule has 0 aromatic heterocycles. The highest BCUT2D eigenvalue weighted by Crippen LogP contribution is 2.29. The summed E-state index contributed by atoms with van der Waals surface area (Å²) in [6.07, 6.45) is -0.592. The quantitative estimate of drug-likeness (QED) is 0.638. The summed E-state index contributed by atoms with van der Waals surface area (Å²) < 4.78 is 31.3. The Morgan fingerprint density at radius 1 is 1.52 bits per heavy atom. The molecule has 10 heteroatoms.